The molecule has 0 spiro atoms. The smallest absolute Gasteiger partial charge is 0.233 e. The number of para-hydroxylation sites is 1. The third kappa shape index (κ3) is 4.08. The molecule has 1 atom stereocenters. The number of carbonyl (C=O) groups excluding carboxylic acids is 1. The van der Waals surface area contributed by atoms with Gasteiger partial charge in [0.1, 0.15) is 11.3 Å². The van der Waals surface area contributed by atoms with Crippen LogP contribution in [0.15, 0.2) is 59.1 Å². The molecular formula is C21H24N2O2. The summed E-state index contributed by atoms with van der Waals surface area (Å²) >= 11 is 0. The number of hydrogen-bond acceptors (Lipinski definition) is 3. The van der Waals surface area contributed by atoms with Crippen molar-refractivity contribution in [2.75, 3.05) is 13.1 Å². The number of furan rings is 1. The molecule has 4 heteroatoms. The average Bonchev–Trinajstić information content (AvgIpc) is 3.09. The fraction of sp³-hybridized carbons (Fsp3) is 0.333. The molecule has 0 N–H and O–H groups in total. The molecule has 0 fully saturated rings. The van der Waals surface area contributed by atoms with Crippen molar-refractivity contribution in [1.82, 2.24) is 9.88 Å². The van der Waals surface area contributed by atoms with E-state index in [0.29, 0.717) is 6.54 Å². The maximum Gasteiger partial charge on any atom is 0.233 e. The summed E-state index contributed by atoms with van der Waals surface area (Å²) in [5.41, 5.74) is 1.83. The summed E-state index contributed by atoms with van der Waals surface area (Å²) < 4.78 is 5.88. The number of carbonyl (C=O) groups is 1. The van der Waals surface area contributed by atoms with Gasteiger partial charge in [0.15, 0.2) is 0 Å². The molecule has 4 nitrogen and oxygen atoms in total. The second-order valence-electron chi connectivity index (χ2n) is 6.30. The van der Waals surface area contributed by atoms with Gasteiger partial charge in [0.25, 0.3) is 0 Å². The summed E-state index contributed by atoms with van der Waals surface area (Å²) in [7, 11) is 0. The highest BCUT2D eigenvalue weighted by molar-refractivity contribution is 5.85. The number of rotatable bonds is 7. The molecule has 0 aliphatic carbocycles. The summed E-state index contributed by atoms with van der Waals surface area (Å²) in [4.78, 5) is 19.2. The molecule has 25 heavy (non-hydrogen) atoms. The van der Waals surface area contributed by atoms with Crippen LogP contribution in [0.1, 0.15) is 37.6 Å². The lowest BCUT2D eigenvalue weighted by molar-refractivity contribution is -0.132. The first kappa shape index (κ1) is 17.2. The van der Waals surface area contributed by atoms with Crippen LogP contribution in [0.3, 0.4) is 0 Å². The van der Waals surface area contributed by atoms with Crippen LogP contribution in [-0.2, 0) is 11.2 Å². The van der Waals surface area contributed by atoms with Crippen LogP contribution in [0, 0.1) is 0 Å². The Balaban J connectivity index is 1.72. The van der Waals surface area contributed by atoms with Crippen molar-refractivity contribution >= 4 is 16.9 Å². The van der Waals surface area contributed by atoms with E-state index in [2.05, 4.69) is 11.9 Å². The van der Waals surface area contributed by atoms with Gasteiger partial charge in [0, 0.05) is 36.8 Å². The van der Waals surface area contributed by atoms with E-state index in [9.17, 15) is 4.79 Å². The van der Waals surface area contributed by atoms with Crippen LogP contribution in [0.25, 0.3) is 11.0 Å². The Kier molecular flexibility index (Phi) is 5.49. The predicted octanol–water partition coefficient (Wildman–Crippen LogP) is 4.41. The van der Waals surface area contributed by atoms with Crippen LogP contribution < -0.4 is 0 Å². The lowest BCUT2D eigenvalue weighted by Gasteiger charge is -2.24. The second kappa shape index (κ2) is 7.97. The van der Waals surface area contributed by atoms with Gasteiger partial charge in [0.05, 0.1) is 5.92 Å². The van der Waals surface area contributed by atoms with Crippen molar-refractivity contribution < 1.29 is 9.21 Å². The third-order valence-corrected chi connectivity index (χ3v) is 4.41. The van der Waals surface area contributed by atoms with Crippen LogP contribution in [0.5, 0.6) is 0 Å². The first-order valence-corrected chi connectivity index (χ1v) is 8.86. The molecular weight excluding hydrogens is 312 g/mol. The van der Waals surface area contributed by atoms with Crippen molar-refractivity contribution in [3.63, 3.8) is 0 Å². The van der Waals surface area contributed by atoms with Crippen molar-refractivity contribution in [3.8, 4) is 0 Å². The Morgan fingerprint density at radius 3 is 2.68 bits per heavy atom. The monoisotopic (exact) mass is 336 g/mol. The van der Waals surface area contributed by atoms with E-state index in [4.69, 9.17) is 4.42 Å². The maximum absolute atomic E-state index is 13.0. The standard InChI is InChI=1S/C21H24N2O2/c1-3-13-23(14-11-18-9-6-7-12-22-18)21(24)16(2)20-15-17-8-4-5-10-19(17)25-20/h4-10,12,15-16H,3,11,13-14H2,1-2H3. The molecule has 1 unspecified atom stereocenters. The van der Waals surface area contributed by atoms with Gasteiger partial charge in [-0.3, -0.25) is 9.78 Å². The molecule has 1 aromatic carbocycles. The summed E-state index contributed by atoms with van der Waals surface area (Å²) in [5.74, 6) is 0.546. The lowest BCUT2D eigenvalue weighted by atomic mass is 10.1. The zero-order valence-corrected chi connectivity index (χ0v) is 14.8. The van der Waals surface area contributed by atoms with Gasteiger partial charge >= 0.3 is 0 Å². The van der Waals surface area contributed by atoms with E-state index in [-0.39, 0.29) is 11.8 Å². The number of fused-ring (bicyclic) bond motifs is 1. The summed E-state index contributed by atoms with van der Waals surface area (Å²) in [6.07, 6.45) is 3.48. The van der Waals surface area contributed by atoms with Crippen LogP contribution in [0.4, 0.5) is 0 Å². The normalized spacial score (nSPS) is 12.2. The molecule has 2 heterocycles. The van der Waals surface area contributed by atoms with Crippen molar-refractivity contribution in [3.05, 3.63) is 66.2 Å². The van der Waals surface area contributed by atoms with E-state index in [1.807, 2.05) is 60.4 Å². The van der Waals surface area contributed by atoms with Gasteiger partial charge < -0.3 is 9.32 Å². The summed E-state index contributed by atoms with van der Waals surface area (Å²) in [6, 6.07) is 15.7. The molecule has 1 amide bonds. The van der Waals surface area contributed by atoms with Crippen molar-refractivity contribution in [1.29, 1.82) is 0 Å². The van der Waals surface area contributed by atoms with Gasteiger partial charge in [-0.25, -0.2) is 0 Å². The van der Waals surface area contributed by atoms with Crippen LogP contribution >= 0.6 is 0 Å². The van der Waals surface area contributed by atoms with E-state index < -0.39 is 0 Å². The lowest BCUT2D eigenvalue weighted by Crippen LogP contribution is -2.36. The molecule has 3 rings (SSSR count). The summed E-state index contributed by atoms with van der Waals surface area (Å²) in [6.45, 7) is 5.43. The molecule has 0 radical (unpaired) electrons. The summed E-state index contributed by atoms with van der Waals surface area (Å²) in [5, 5.41) is 1.03. The fourth-order valence-electron chi connectivity index (χ4n) is 3.01. The van der Waals surface area contributed by atoms with Gasteiger partial charge in [-0.2, -0.15) is 0 Å². The first-order valence-electron chi connectivity index (χ1n) is 8.86. The molecule has 130 valence electrons. The minimum Gasteiger partial charge on any atom is -0.460 e. The van der Waals surface area contributed by atoms with E-state index in [1.54, 1.807) is 6.20 Å². The molecule has 0 aliphatic heterocycles. The van der Waals surface area contributed by atoms with Gasteiger partial charge in [0.2, 0.25) is 5.91 Å². The van der Waals surface area contributed by atoms with Gasteiger partial charge in [-0.1, -0.05) is 31.2 Å². The molecule has 0 saturated carbocycles. The number of amides is 1. The Bertz CT molecular complexity index is 793. The van der Waals surface area contributed by atoms with Gasteiger partial charge in [-0.05, 0) is 37.6 Å². The molecule has 2 aromatic heterocycles. The second-order valence-corrected chi connectivity index (χ2v) is 6.30. The number of hydrogen-bond donors (Lipinski definition) is 0. The Labute approximate surface area is 148 Å². The van der Waals surface area contributed by atoms with Crippen molar-refractivity contribution in [2.24, 2.45) is 0 Å². The topological polar surface area (TPSA) is 46.3 Å². The number of pyridine rings is 1. The highest BCUT2D eigenvalue weighted by Crippen LogP contribution is 2.26. The quantitative estimate of drug-likeness (QED) is 0.642. The minimum atomic E-state index is -0.289. The molecule has 0 saturated heterocycles. The Hall–Kier alpha value is -2.62. The first-order chi connectivity index (χ1) is 12.2. The predicted molar refractivity (Wildman–Crippen MR) is 99.4 cm³/mol. The fourth-order valence-corrected chi connectivity index (χ4v) is 3.01. The number of benzene rings is 1. The molecule has 0 aliphatic rings. The number of aromatic nitrogens is 1. The largest absolute Gasteiger partial charge is 0.460 e. The van der Waals surface area contributed by atoms with Crippen molar-refractivity contribution in [2.45, 2.75) is 32.6 Å². The SMILES string of the molecule is CCCN(CCc1ccccn1)C(=O)C(C)c1cc2ccccc2o1. The average molecular weight is 336 g/mol. The maximum atomic E-state index is 13.0. The molecule has 3 aromatic rings. The van der Waals surface area contributed by atoms with E-state index in [1.165, 1.54) is 0 Å². The van der Waals surface area contributed by atoms with E-state index in [0.717, 1.165) is 41.8 Å². The highest BCUT2D eigenvalue weighted by Gasteiger charge is 2.24. The Morgan fingerprint density at radius 2 is 1.96 bits per heavy atom. The van der Waals surface area contributed by atoms with E-state index >= 15 is 0 Å². The molecule has 0 bridgehead atoms. The number of nitrogens with zero attached hydrogens (tertiary/aromatic N) is 2. The minimum absolute atomic E-state index is 0.108. The van der Waals surface area contributed by atoms with Crippen LogP contribution in [-0.4, -0.2) is 28.9 Å². The van der Waals surface area contributed by atoms with Gasteiger partial charge in [-0.15, -0.1) is 0 Å². The highest BCUT2D eigenvalue weighted by atomic mass is 16.3. The zero-order valence-electron chi connectivity index (χ0n) is 14.8. The third-order valence-electron chi connectivity index (χ3n) is 4.41. The zero-order chi connectivity index (χ0) is 17.6. The van der Waals surface area contributed by atoms with Crippen LogP contribution in [0.2, 0.25) is 0 Å². The Morgan fingerprint density at radius 1 is 1.16 bits per heavy atom.